The van der Waals surface area contributed by atoms with Crippen LogP contribution in [0.3, 0.4) is 0 Å². The summed E-state index contributed by atoms with van der Waals surface area (Å²) < 4.78 is 1.60. The molecule has 0 radical (unpaired) electrons. The first-order valence-corrected chi connectivity index (χ1v) is 6.20. The van der Waals surface area contributed by atoms with Crippen LogP contribution >= 0.6 is 11.6 Å². The lowest BCUT2D eigenvalue weighted by Crippen LogP contribution is -1.99. The molecule has 0 atom stereocenters. The van der Waals surface area contributed by atoms with Gasteiger partial charge in [0, 0.05) is 12.7 Å². The fraction of sp³-hybridized carbons (Fsp3) is 0.417. The van der Waals surface area contributed by atoms with E-state index in [-0.39, 0.29) is 11.0 Å². The molecule has 2 rings (SSSR count). The monoisotopic (exact) mass is 264 g/mol. The number of aromatic nitrogens is 3. The van der Waals surface area contributed by atoms with Crippen molar-refractivity contribution in [3.8, 4) is 12.1 Å². The molecule has 0 amide bonds. The summed E-state index contributed by atoms with van der Waals surface area (Å²) in [5, 5.41) is 19.2. The predicted molar refractivity (Wildman–Crippen MR) is 68.4 cm³/mol. The first-order valence-electron chi connectivity index (χ1n) is 5.82. The third kappa shape index (κ3) is 2.12. The molecule has 0 bridgehead atoms. The standard InChI is InChI=1S/C12H13ClN4O/c1-2-3-4-5-17-10-8(6-14)9(13)7-15-11(10)16-12(17)18/h7H,2-5H2,1H3,(H,15,16,18). The summed E-state index contributed by atoms with van der Waals surface area (Å²) >= 11 is 5.94. The summed E-state index contributed by atoms with van der Waals surface area (Å²) in [5.74, 6) is 0. The lowest BCUT2D eigenvalue weighted by Gasteiger charge is -2.06. The summed E-state index contributed by atoms with van der Waals surface area (Å²) in [6, 6.07) is 1.92. The molecule has 0 saturated carbocycles. The Morgan fingerprint density at radius 1 is 1.50 bits per heavy atom. The van der Waals surface area contributed by atoms with E-state index in [2.05, 4.69) is 16.9 Å². The Kier molecular flexibility index (Phi) is 3.68. The maximum Gasteiger partial charge on any atom is 0.296 e. The van der Waals surface area contributed by atoms with Gasteiger partial charge in [0.15, 0.2) is 5.65 Å². The molecule has 0 saturated heterocycles. The van der Waals surface area contributed by atoms with Crippen molar-refractivity contribution in [2.75, 3.05) is 0 Å². The highest BCUT2D eigenvalue weighted by Gasteiger charge is 2.16. The van der Waals surface area contributed by atoms with Gasteiger partial charge in [-0.15, -0.1) is 0 Å². The number of aryl methyl sites for hydroxylation is 1. The van der Waals surface area contributed by atoms with Crippen LogP contribution in [0.25, 0.3) is 11.2 Å². The molecular formula is C12H13ClN4O. The van der Waals surface area contributed by atoms with Crippen molar-refractivity contribution in [2.45, 2.75) is 32.7 Å². The Balaban J connectivity index is 2.54. The number of imidazole rings is 1. The maximum absolute atomic E-state index is 9.80. The molecule has 0 unspecified atom stereocenters. The van der Waals surface area contributed by atoms with Crippen molar-refractivity contribution in [3.05, 3.63) is 16.8 Å². The van der Waals surface area contributed by atoms with Crippen LogP contribution in [0, 0.1) is 11.3 Å². The minimum absolute atomic E-state index is 0.118. The van der Waals surface area contributed by atoms with Crippen LogP contribution in [0.1, 0.15) is 31.7 Å². The zero-order valence-electron chi connectivity index (χ0n) is 10.0. The summed E-state index contributed by atoms with van der Waals surface area (Å²) in [4.78, 5) is 7.96. The zero-order valence-corrected chi connectivity index (χ0v) is 10.8. The van der Waals surface area contributed by atoms with Gasteiger partial charge >= 0.3 is 0 Å². The molecule has 18 heavy (non-hydrogen) atoms. The topological polar surface area (TPSA) is 74.7 Å². The molecule has 0 spiro atoms. The van der Waals surface area contributed by atoms with Crippen LogP contribution < -0.4 is 0 Å². The van der Waals surface area contributed by atoms with Crippen molar-refractivity contribution < 1.29 is 5.11 Å². The molecule has 0 aliphatic rings. The number of halogens is 1. The first-order chi connectivity index (χ1) is 8.69. The number of unbranched alkanes of at least 4 members (excludes halogenated alkanes) is 2. The summed E-state index contributed by atoms with van der Waals surface area (Å²) in [7, 11) is 0. The highest BCUT2D eigenvalue weighted by molar-refractivity contribution is 6.32. The Hall–Kier alpha value is -1.80. The normalized spacial score (nSPS) is 10.7. The highest BCUT2D eigenvalue weighted by atomic mass is 35.5. The van der Waals surface area contributed by atoms with Gasteiger partial charge in [0.1, 0.15) is 11.6 Å². The second-order valence-electron chi connectivity index (χ2n) is 4.04. The molecule has 1 N–H and O–H groups in total. The second kappa shape index (κ2) is 5.23. The van der Waals surface area contributed by atoms with Crippen molar-refractivity contribution in [3.63, 3.8) is 0 Å². The van der Waals surface area contributed by atoms with Gasteiger partial charge in [-0.3, -0.25) is 4.57 Å². The molecule has 5 nitrogen and oxygen atoms in total. The Morgan fingerprint density at radius 3 is 2.94 bits per heavy atom. The highest BCUT2D eigenvalue weighted by Crippen LogP contribution is 2.27. The smallest absolute Gasteiger partial charge is 0.296 e. The Morgan fingerprint density at radius 2 is 2.28 bits per heavy atom. The van der Waals surface area contributed by atoms with Gasteiger partial charge in [0.2, 0.25) is 0 Å². The van der Waals surface area contributed by atoms with E-state index in [0.29, 0.717) is 23.3 Å². The first kappa shape index (κ1) is 12.7. The number of pyridine rings is 1. The van der Waals surface area contributed by atoms with E-state index in [1.54, 1.807) is 4.57 Å². The van der Waals surface area contributed by atoms with Gasteiger partial charge in [-0.25, -0.2) is 4.98 Å². The molecule has 0 aliphatic carbocycles. The second-order valence-corrected chi connectivity index (χ2v) is 4.44. The fourth-order valence-corrected chi connectivity index (χ4v) is 2.08. The fourth-order valence-electron chi connectivity index (χ4n) is 1.90. The molecule has 6 heteroatoms. The lowest BCUT2D eigenvalue weighted by molar-refractivity contribution is 0.397. The molecule has 2 aromatic heterocycles. The van der Waals surface area contributed by atoms with Crippen LogP contribution in [0.15, 0.2) is 6.20 Å². The van der Waals surface area contributed by atoms with Crippen LogP contribution in [-0.2, 0) is 6.54 Å². The minimum atomic E-state index is -0.118. The van der Waals surface area contributed by atoms with E-state index in [1.807, 2.05) is 6.07 Å². The van der Waals surface area contributed by atoms with Crippen LogP contribution in [0.2, 0.25) is 5.02 Å². The molecule has 0 aliphatic heterocycles. The van der Waals surface area contributed by atoms with Gasteiger partial charge in [0.05, 0.1) is 10.6 Å². The average molecular weight is 265 g/mol. The van der Waals surface area contributed by atoms with E-state index in [0.717, 1.165) is 19.3 Å². The van der Waals surface area contributed by atoms with Crippen LogP contribution in [0.4, 0.5) is 0 Å². The Labute approximate surface area is 110 Å². The quantitative estimate of drug-likeness (QED) is 0.862. The van der Waals surface area contributed by atoms with Crippen molar-refractivity contribution >= 4 is 22.8 Å². The number of rotatable bonds is 4. The van der Waals surface area contributed by atoms with Gasteiger partial charge in [-0.1, -0.05) is 31.4 Å². The number of hydrogen-bond donors (Lipinski definition) is 1. The lowest BCUT2D eigenvalue weighted by atomic mass is 10.2. The molecule has 0 aromatic carbocycles. The van der Waals surface area contributed by atoms with E-state index >= 15 is 0 Å². The third-order valence-corrected chi connectivity index (χ3v) is 3.09. The van der Waals surface area contributed by atoms with E-state index in [1.165, 1.54) is 6.20 Å². The number of hydrogen-bond acceptors (Lipinski definition) is 4. The van der Waals surface area contributed by atoms with Gasteiger partial charge < -0.3 is 5.11 Å². The van der Waals surface area contributed by atoms with Crippen LogP contribution in [-0.4, -0.2) is 19.6 Å². The van der Waals surface area contributed by atoms with Crippen molar-refractivity contribution in [1.82, 2.24) is 14.5 Å². The zero-order chi connectivity index (χ0) is 13.1. The molecule has 2 heterocycles. The summed E-state index contributed by atoms with van der Waals surface area (Å²) in [6.07, 6.45) is 4.42. The predicted octanol–water partition coefficient (Wildman–Crippen LogP) is 2.85. The SMILES string of the molecule is CCCCCn1c(O)nc2ncc(Cl)c(C#N)c21. The number of nitriles is 1. The number of aromatic hydroxyl groups is 1. The van der Waals surface area contributed by atoms with Gasteiger partial charge in [0.25, 0.3) is 6.01 Å². The van der Waals surface area contributed by atoms with Gasteiger partial charge in [-0.2, -0.15) is 10.2 Å². The Bertz CT molecular complexity index is 615. The summed E-state index contributed by atoms with van der Waals surface area (Å²) in [6.45, 7) is 2.71. The number of fused-ring (bicyclic) bond motifs is 1. The van der Waals surface area contributed by atoms with E-state index in [4.69, 9.17) is 16.9 Å². The van der Waals surface area contributed by atoms with E-state index < -0.39 is 0 Å². The molecule has 94 valence electrons. The molecule has 2 aromatic rings. The van der Waals surface area contributed by atoms with Crippen LogP contribution in [0.5, 0.6) is 6.01 Å². The van der Waals surface area contributed by atoms with Crippen molar-refractivity contribution in [2.24, 2.45) is 0 Å². The largest absolute Gasteiger partial charge is 0.480 e. The molecule has 0 fully saturated rings. The third-order valence-electron chi connectivity index (χ3n) is 2.80. The maximum atomic E-state index is 9.80. The minimum Gasteiger partial charge on any atom is -0.480 e. The summed E-state index contributed by atoms with van der Waals surface area (Å²) in [5.41, 5.74) is 1.18. The van der Waals surface area contributed by atoms with Crippen molar-refractivity contribution in [1.29, 1.82) is 5.26 Å². The van der Waals surface area contributed by atoms with Gasteiger partial charge in [-0.05, 0) is 6.42 Å². The number of nitrogens with zero attached hydrogens (tertiary/aromatic N) is 4. The van der Waals surface area contributed by atoms with E-state index in [9.17, 15) is 5.11 Å². The average Bonchev–Trinajstić information content (AvgIpc) is 2.67. The molecular weight excluding hydrogens is 252 g/mol.